The van der Waals surface area contributed by atoms with E-state index >= 15 is 0 Å². The van der Waals surface area contributed by atoms with Crippen LogP contribution in [0.5, 0.6) is 17.2 Å². The lowest BCUT2D eigenvalue weighted by Gasteiger charge is -2.29. The SMILES string of the molecule is COc1c(OCC2CCC(F)(F)CC2)ccc2c1OCCC2N. The molecule has 1 heterocycles. The van der Waals surface area contributed by atoms with Crippen LogP contribution in [0.15, 0.2) is 12.1 Å². The summed E-state index contributed by atoms with van der Waals surface area (Å²) in [6.45, 7) is 0.961. The molecule has 0 radical (unpaired) electrons. The summed E-state index contributed by atoms with van der Waals surface area (Å²) in [5, 5.41) is 0. The standard InChI is InChI=1S/C17H23F2NO3/c1-21-16-14(3-2-12-13(20)6-9-22-15(12)16)23-10-11-4-7-17(18,19)8-5-11/h2-3,11,13H,4-10,20H2,1H3. The second-order valence-electron chi connectivity index (χ2n) is 6.37. The third-order valence-electron chi connectivity index (χ3n) is 4.70. The molecular weight excluding hydrogens is 304 g/mol. The summed E-state index contributed by atoms with van der Waals surface area (Å²) in [5.41, 5.74) is 7.00. The second kappa shape index (κ2) is 6.51. The van der Waals surface area contributed by atoms with Gasteiger partial charge in [0.2, 0.25) is 11.7 Å². The van der Waals surface area contributed by atoms with Gasteiger partial charge in [-0.2, -0.15) is 0 Å². The molecule has 0 amide bonds. The van der Waals surface area contributed by atoms with Crippen LogP contribution in [0.3, 0.4) is 0 Å². The monoisotopic (exact) mass is 327 g/mol. The molecule has 23 heavy (non-hydrogen) atoms. The quantitative estimate of drug-likeness (QED) is 0.916. The first-order chi connectivity index (χ1) is 11.0. The number of alkyl halides is 2. The Hall–Kier alpha value is -1.56. The molecule has 1 saturated carbocycles. The first-order valence-electron chi connectivity index (χ1n) is 8.10. The van der Waals surface area contributed by atoms with Gasteiger partial charge in [0.25, 0.3) is 0 Å². The van der Waals surface area contributed by atoms with Crippen LogP contribution in [-0.4, -0.2) is 26.2 Å². The third kappa shape index (κ3) is 3.52. The van der Waals surface area contributed by atoms with Crippen LogP contribution in [-0.2, 0) is 0 Å². The fraction of sp³-hybridized carbons (Fsp3) is 0.647. The molecule has 3 rings (SSSR count). The number of halogens is 2. The van der Waals surface area contributed by atoms with Crippen molar-refractivity contribution < 1.29 is 23.0 Å². The molecule has 128 valence electrons. The van der Waals surface area contributed by atoms with E-state index in [-0.39, 0.29) is 24.8 Å². The van der Waals surface area contributed by atoms with E-state index in [9.17, 15) is 8.78 Å². The molecule has 1 aliphatic heterocycles. The van der Waals surface area contributed by atoms with Crippen molar-refractivity contribution in [1.82, 2.24) is 0 Å². The van der Waals surface area contributed by atoms with Gasteiger partial charge in [0.1, 0.15) is 0 Å². The van der Waals surface area contributed by atoms with E-state index < -0.39 is 5.92 Å². The normalized spacial score (nSPS) is 23.7. The summed E-state index contributed by atoms with van der Waals surface area (Å²) in [4.78, 5) is 0. The van der Waals surface area contributed by atoms with Gasteiger partial charge < -0.3 is 19.9 Å². The van der Waals surface area contributed by atoms with Gasteiger partial charge in [0.15, 0.2) is 11.5 Å². The van der Waals surface area contributed by atoms with Crippen molar-refractivity contribution in [3.8, 4) is 17.2 Å². The summed E-state index contributed by atoms with van der Waals surface area (Å²) in [7, 11) is 1.56. The summed E-state index contributed by atoms with van der Waals surface area (Å²) < 4.78 is 43.4. The van der Waals surface area contributed by atoms with Gasteiger partial charge in [-0.3, -0.25) is 0 Å². The summed E-state index contributed by atoms with van der Waals surface area (Å²) in [5.74, 6) is -0.599. The number of hydrogen-bond acceptors (Lipinski definition) is 4. The largest absolute Gasteiger partial charge is 0.490 e. The number of rotatable bonds is 4. The number of ether oxygens (including phenoxy) is 3. The Kier molecular flexibility index (Phi) is 4.62. The first kappa shape index (κ1) is 16.3. The number of hydrogen-bond donors (Lipinski definition) is 1. The minimum absolute atomic E-state index is 0.0552. The van der Waals surface area contributed by atoms with E-state index in [4.69, 9.17) is 19.9 Å². The van der Waals surface area contributed by atoms with Gasteiger partial charge >= 0.3 is 0 Å². The lowest BCUT2D eigenvalue weighted by Crippen LogP contribution is -2.27. The van der Waals surface area contributed by atoms with Gasteiger partial charge in [0.05, 0.1) is 20.3 Å². The van der Waals surface area contributed by atoms with Crippen LogP contribution in [0.4, 0.5) is 8.78 Å². The molecule has 2 aliphatic rings. The van der Waals surface area contributed by atoms with Crippen LogP contribution >= 0.6 is 0 Å². The molecule has 1 aromatic carbocycles. The molecular formula is C17H23F2NO3. The van der Waals surface area contributed by atoms with Crippen molar-refractivity contribution in [2.75, 3.05) is 20.3 Å². The summed E-state index contributed by atoms with van der Waals surface area (Å²) in [6, 6.07) is 3.65. The topological polar surface area (TPSA) is 53.7 Å². The summed E-state index contributed by atoms with van der Waals surface area (Å²) in [6.07, 6.45) is 1.64. The molecule has 1 unspecified atom stereocenters. The Morgan fingerprint density at radius 1 is 1.26 bits per heavy atom. The molecule has 1 aromatic rings. The van der Waals surface area contributed by atoms with Crippen molar-refractivity contribution in [2.45, 2.75) is 44.1 Å². The molecule has 0 aromatic heterocycles. The predicted molar refractivity (Wildman–Crippen MR) is 82.4 cm³/mol. The minimum Gasteiger partial charge on any atom is -0.490 e. The van der Waals surface area contributed by atoms with Crippen LogP contribution < -0.4 is 19.9 Å². The maximum absolute atomic E-state index is 13.2. The lowest BCUT2D eigenvalue weighted by molar-refractivity contribution is -0.0499. The second-order valence-corrected chi connectivity index (χ2v) is 6.37. The molecule has 1 atom stereocenters. The van der Waals surface area contributed by atoms with Crippen LogP contribution in [0.2, 0.25) is 0 Å². The smallest absolute Gasteiger partial charge is 0.248 e. The van der Waals surface area contributed by atoms with E-state index in [2.05, 4.69) is 0 Å². The van der Waals surface area contributed by atoms with E-state index in [1.807, 2.05) is 12.1 Å². The van der Waals surface area contributed by atoms with Crippen molar-refractivity contribution in [3.05, 3.63) is 17.7 Å². The minimum atomic E-state index is -2.51. The number of benzene rings is 1. The molecule has 0 saturated heterocycles. The van der Waals surface area contributed by atoms with Crippen molar-refractivity contribution >= 4 is 0 Å². The fourth-order valence-electron chi connectivity index (χ4n) is 3.23. The predicted octanol–water partition coefficient (Wildman–Crippen LogP) is 3.68. The molecule has 1 fully saturated rings. The highest BCUT2D eigenvalue weighted by Gasteiger charge is 2.35. The lowest BCUT2D eigenvalue weighted by atomic mass is 9.87. The molecule has 2 N–H and O–H groups in total. The Labute approximate surface area is 134 Å². The van der Waals surface area contributed by atoms with Crippen LogP contribution in [0.25, 0.3) is 0 Å². The van der Waals surface area contributed by atoms with Crippen molar-refractivity contribution in [1.29, 1.82) is 0 Å². The number of methoxy groups -OCH3 is 1. The highest BCUT2D eigenvalue weighted by Crippen LogP contribution is 2.45. The van der Waals surface area contributed by atoms with Crippen LogP contribution in [0.1, 0.15) is 43.7 Å². The molecule has 1 aliphatic carbocycles. The van der Waals surface area contributed by atoms with E-state index in [1.54, 1.807) is 7.11 Å². The first-order valence-corrected chi connectivity index (χ1v) is 8.10. The molecule has 6 heteroatoms. The average Bonchev–Trinajstić information content (AvgIpc) is 2.53. The third-order valence-corrected chi connectivity index (χ3v) is 4.70. The fourth-order valence-corrected chi connectivity index (χ4v) is 3.23. The zero-order chi connectivity index (χ0) is 16.4. The summed E-state index contributed by atoms with van der Waals surface area (Å²) >= 11 is 0. The Bertz CT molecular complexity index is 555. The highest BCUT2D eigenvalue weighted by atomic mass is 19.3. The van der Waals surface area contributed by atoms with Gasteiger partial charge in [-0.25, -0.2) is 8.78 Å². The van der Waals surface area contributed by atoms with Gasteiger partial charge in [-0.15, -0.1) is 0 Å². The van der Waals surface area contributed by atoms with E-state index in [0.717, 1.165) is 12.0 Å². The van der Waals surface area contributed by atoms with E-state index in [1.165, 1.54) is 0 Å². The maximum Gasteiger partial charge on any atom is 0.248 e. The van der Waals surface area contributed by atoms with Crippen molar-refractivity contribution in [3.63, 3.8) is 0 Å². The highest BCUT2D eigenvalue weighted by molar-refractivity contribution is 5.57. The molecule has 0 bridgehead atoms. The van der Waals surface area contributed by atoms with Gasteiger partial charge in [0, 0.05) is 30.9 Å². The van der Waals surface area contributed by atoms with Gasteiger partial charge in [-0.05, 0) is 30.9 Å². The zero-order valence-corrected chi connectivity index (χ0v) is 13.3. The number of fused-ring (bicyclic) bond motifs is 1. The molecule has 4 nitrogen and oxygen atoms in total. The van der Waals surface area contributed by atoms with Crippen LogP contribution in [0, 0.1) is 5.92 Å². The van der Waals surface area contributed by atoms with Crippen molar-refractivity contribution in [2.24, 2.45) is 11.7 Å². The Morgan fingerprint density at radius 3 is 2.70 bits per heavy atom. The van der Waals surface area contributed by atoms with E-state index in [0.29, 0.717) is 43.3 Å². The average molecular weight is 327 g/mol. The Morgan fingerprint density at radius 2 is 2.00 bits per heavy atom. The zero-order valence-electron chi connectivity index (χ0n) is 13.3. The number of nitrogens with two attached hydrogens (primary N) is 1. The maximum atomic E-state index is 13.2. The molecule has 0 spiro atoms. The Balaban J connectivity index is 1.69. The van der Waals surface area contributed by atoms with Gasteiger partial charge in [-0.1, -0.05) is 0 Å².